The van der Waals surface area contributed by atoms with Crippen LogP contribution in [-0.4, -0.2) is 52.4 Å². The quantitative estimate of drug-likeness (QED) is 0.263. The van der Waals surface area contributed by atoms with E-state index < -0.39 is 0 Å². The van der Waals surface area contributed by atoms with Crippen LogP contribution >= 0.6 is 0 Å². The van der Waals surface area contributed by atoms with Crippen molar-refractivity contribution in [2.24, 2.45) is 17.8 Å². The van der Waals surface area contributed by atoms with E-state index in [4.69, 9.17) is 19.4 Å². The topological polar surface area (TPSA) is 99.4 Å². The summed E-state index contributed by atoms with van der Waals surface area (Å²) in [6.07, 6.45) is 12.6. The Labute approximate surface area is 255 Å². The number of hydrogen-bond acceptors (Lipinski definition) is 7. The second kappa shape index (κ2) is 13.7. The first kappa shape index (κ1) is 30.7. The molecule has 3 heterocycles. The molecule has 9 nitrogen and oxygen atoms in total. The SMILES string of the molecule is COC(=O)C1CCC(C(=O)N(CC2CCC(c3ccc(OC)c(C)n3)CC2)c2cc(-c3cnn(C(C)C)c3)ccn2)CC1. The minimum Gasteiger partial charge on any atom is -0.495 e. The molecule has 2 aliphatic rings. The molecule has 0 N–H and O–H groups in total. The van der Waals surface area contributed by atoms with Gasteiger partial charge in [-0.3, -0.25) is 24.2 Å². The molecule has 2 aliphatic carbocycles. The Morgan fingerprint density at radius 1 is 0.977 bits per heavy atom. The second-order valence-electron chi connectivity index (χ2n) is 12.5. The minimum atomic E-state index is -0.169. The molecular weight excluding hydrogens is 542 g/mol. The molecule has 3 aromatic rings. The van der Waals surface area contributed by atoms with Crippen molar-refractivity contribution in [1.29, 1.82) is 0 Å². The number of nitrogens with zero attached hydrogens (tertiary/aromatic N) is 5. The summed E-state index contributed by atoms with van der Waals surface area (Å²) < 4.78 is 12.3. The largest absolute Gasteiger partial charge is 0.495 e. The third-order valence-corrected chi connectivity index (χ3v) is 9.35. The van der Waals surface area contributed by atoms with E-state index in [1.165, 1.54) is 7.11 Å². The highest BCUT2D eigenvalue weighted by Crippen LogP contribution is 2.38. The van der Waals surface area contributed by atoms with E-state index in [1.54, 1.807) is 13.3 Å². The minimum absolute atomic E-state index is 0.111. The fraction of sp³-hybridized carbons (Fsp3) is 0.559. The Balaban J connectivity index is 1.33. The number of esters is 1. The van der Waals surface area contributed by atoms with E-state index in [0.717, 1.165) is 53.9 Å². The van der Waals surface area contributed by atoms with Crippen molar-refractivity contribution in [3.8, 4) is 16.9 Å². The van der Waals surface area contributed by atoms with Gasteiger partial charge in [0.25, 0.3) is 0 Å². The molecule has 9 heteroatoms. The van der Waals surface area contributed by atoms with Gasteiger partial charge in [0, 0.05) is 48.1 Å². The molecule has 0 bridgehead atoms. The summed E-state index contributed by atoms with van der Waals surface area (Å²) in [7, 11) is 3.11. The van der Waals surface area contributed by atoms with Crippen molar-refractivity contribution in [3.63, 3.8) is 0 Å². The van der Waals surface area contributed by atoms with Crippen LogP contribution in [0.3, 0.4) is 0 Å². The molecule has 2 saturated carbocycles. The maximum Gasteiger partial charge on any atom is 0.308 e. The molecule has 1 amide bonds. The predicted octanol–water partition coefficient (Wildman–Crippen LogP) is 6.52. The van der Waals surface area contributed by atoms with Gasteiger partial charge in [0.2, 0.25) is 5.91 Å². The highest BCUT2D eigenvalue weighted by Gasteiger charge is 2.35. The van der Waals surface area contributed by atoms with E-state index >= 15 is 0 Å². The maximum atomic E-state index is 14.2. The summed E-state index contributed by atoms with van der Waals surface area (Å²) in [4.78, 5) is 37.8. The van der Waals surface area contributed by atoms with Crippen LogP contribution in [0.5, 0.6) is 5.75 Å². The lowest BCUT2D eigenvalue weighted by Gasteiger charge is -2.35. The molecule has 0 aromatic carbocycles. The lowest BCUT2D eigenvalue weighted by atomic mass is 9.79. The van der Waals surface area contributed by atoms with Crippen LogP contribution in [0.4, 0.5) is 5.82 Å². The van der Waals surface area contributed by atoms with E-state index in [-0.39, 0.29) is 29.8 Å². The summed E-state index contributed by atoms with van der Waals surface area (Å²) in [5, 5.41) is 4.51. The van der Waals surface area contributed by atoms with Gasteiger partial charge < -0.3 is 9.47 Å². The third-order valence-electron chi connectivity index (χ3n) is 9.35. The molecule has 3 aromatic heterocycles. The second-order valence-corrected chi connectivity index (χ2v) is 12.5. The number of methoxy groups -OCH3 is 2. The average molecular weight is 588 g/mol. The molecule has 230 valence electrons. The highest BCUT2D eigenvalue weighted by molar-refractivity contribution is 5.95. The first-order valence-electron chi connectivity index (χ1n) is 15.7. The van der Waals surface area contributed by atoms with E-state index in [1.807, 2.05) is 47.1 Å². The fourth-order valence-corrected chi connectivity index (χ4v) is 6.68. The standard InChI is InChI=1S/C34H45N5O4/c1-22(2)39-21-29(19-36-39)28-16-17-35-32(18-28)38(33(40)26-10-12-27(13-11-26)34(41)43-5)20-24-6-8-25(9-7-24)30-14-15-31(42-4)23(3)37-30/h14-19,21-22,24-27H,6-13,20H2,1-5H3. The van der Waals surface area contributed by atoms with Crippen molar-refractivity contribution in [1.82, 2.24) is 19.7 Å². The molecule has 0 unspecified atom stereocenters. The monoisotopic (exact) mass is 587 g/mol. The van der Waals surface area contributed by atoms with E-state index in [9.17, 15) is 9.59 Å². The Morgan fingerprint density at radius 3 is 2.33 bits per heavy atom. The number of carbonyl (C=O) groups excluding carboxylic acids is 2. The molecule has 5 rings (SSSR count). The molecule has 43 heavy (non-hydrogen) atoms. The fourth-order valence-electron chi connectivity index (χ4n) is 6.68. The van der Waals surface area contributed by atoms with Gasteiger partial charge in [0.1, 0.15) is 11.6 Å². The van der Waals surface area contributed by atoms with Crippen LogP contribution in [0.1, 0.15) is 88.6 Å². The van der Waals surface area contributed by atoms with Gasteiger partial charge in [-0.2, -0.15) is 5.10 Å². The molecule has 0 spiro atoms. The number of aromatic nitrogens is 4. The number of rotatable bonds is 9. The first-order valence-corrected chi connectivity index (χ1v) is 15.7. The van der Waals surface area contributed by atoms with Crippen molar-refractivity contribution in [2.45, 2.75) is 84.1 Å². The number of aryl methyl sites for hydroxylation is 1. The number of pyridine rings is 2. The van der Waals surface area contributed by atoms with Crippen LogP contribution in [0.25, 0.3) is 11.1 Å². The molecule has 0 saturated heterocycles. The van der Waals surface area contributed by atoms with Gasteiger partial charge in [-0.1, -0.05) is 0 Å². The number of ether oxygens (including phenoxy) is 2. The average Bonchev–Trinajstić information content (AvgIpc) is 3.54. The molecule has 0 radical (unpaired) electrons. The van der Waals surface area contributed by atoms with Gasteiger partial charge in [-0.15, -0.1) is 0 Å². The van der Waals surface area contributed by atoms with Gasteiger partial charge in [-0.05, 0) is 108 Å². The summed E-state index contributed by atoms with van der Waals surface area (Å²) >= 11 is 0. The van der Waals surface area contributed by atoms with Gasteiger partial charge in [-0.25, -0.2) is 4.98 Å². The number of anilines is 1. The molecule has 0 atom stereocenters. The molecule has 2 fully saturated rings. The molecule has 0 aliphatic heterocycles. The van der Waals surface area contributed by atoms with Crippen molar-refractivity contribution < 1.29 is 19.1 Å². The normalized spacial score (nSPS) is 22.3. The zero-order valence-electron chi connectivity index (χ0n) is 26.2. The lowest BCUT2D eigenvalue weighted by Crippen LogP contribution is -2.42. The summed E-state index contributed by atoms with van der Waals surface area (Å²) in [5.41, 5.74) is 4.05. The van der Waals surface area contributed by atoms with Crippen LogP contribution in [0.2, 0.25) is 0 Å². The van der Waals surface area contributed by atoms with Crippen LogP contribution < -0.4 is 9.64 Å². The van der Waals surface area contributed by atoms with E-state index in [0.29, 0.717) is 49.9 Å². The predicted molar refractivity (Wildman–Crippen MR) is 166 cm³/mol. The summed E-state index contributed by atoms with van der Waals surface area (Å²) in [5.74, 6) is 1.99. The summed E-state index contributed by atoms with van der Waals surface area (Å²) in [6, 6.07) is 8.37. The first-order chi connectivity index (χ1) is 20.8. The Bertz CT molecular complexity index is 1400. The summed E-state index contributed by atoms with van der Waals surface area (Å²) in [6.45, 7) is 6.83. The zero-order valence-corrected chi connectivity index (χ0v) is 26.2. The van der Waals surface area contributed by atoms with Gasteiger partial charge >= 0.3 is 5.97 Å². The van der Waals surface area contributed by atoms with Crippen LogP contribution in [0, 0.1) is 24.7 Å². The van der Waals surface area contributed by atoms with Crippen molar-refractivity contribution in [2.75, 3.05) is 25.7 Å². The highest BCUT2D eigenvalue weighted by atomic mass is 16.5. The maximum absolute atomic E-state index is 14.2. The number of amides is 1. The smallest absolute Gasteiger partial charge is 0.308 e. The van der Waals surface area contributed by atoms with Crippen molar-refractivity contribution in [3.05, 3.63) is 54.2 Å². The van der Waals surface area contributed by atoms with Gasteiger partial charge in [0.15, 0.2) is 0 Å². The third kappa shape index (κ3) is 7.08. The molecular formula is C34H45N5O4. The van der Waals surface area contributed by atoms with Crippen molar-refractivity contribution >= 4 is 17.7 Å². The van der Waals surface area contributed by atoms with Crippen LogP contribution in [0.15, 0.2) is 42.9 Å². The van der Waals surface area contributed by atoms with E-state index in [2.05, 4.69) is 25.0 Å². The lowest BCUT2D eigenvalue weighted by molar-refractivity contribution is -0.147. The number of hydrogen-bond donors (Lipinski definition) is 0. The number of carbonyl (C=O) groups is 2. The zero-order chi connectivity index (χ0) is 30.5. The van der Waals surface area contributed by atoms with Gasteiger partial charge in [0.05, 0.1) is 32.0 Å². The Hall–Kier alpha value is -3.75. The Morgan fingerprint density at radius 2 is 1.70 bits per heavy atom. The van der Waals surface area contributed by atoms with Crippen LogP contribution in [-0.2, 0) is 14.3 Å². The Kier molecular flexibility index (Phi) is 9.78.